The zero-order valence-electron chi connectivity index (χ0n) is 11.4. The zero-order chi connectivity index (χ0) is 14.1. The Bertz CT molecular complexity index is 269. The molecule has 2 amide bonds. The van der Waals surface area contributed by atoms with Gasteiger partial charge in [0.2, 0.25) is 11.8 Å². The Balaban J connectivity index is 3.86. The van der Waals surface area contributed by atoms with Crippen LogP contribution >= 0.6 is 0 Å². The normalized spacial score (nSPS) is 14.1. The quantitative estimate of drug-likeness (QED) is 0.465. The van der Waals surface area contributed by atoms with Gasteiger partial charge < -0.3 is 21.5 Å². The summed E-state index contributed by atoms with van der Waals surface area (Å²) in [6, 6.07) is -0.607. The molecule has 0 radical (unpaired) electrons. The molecule has 0 aromatic heterocycles. The maximum Gasteiger partial charge on any atom is 0.239 e. The first-order chi connectivity index (χ1) is 8.38. The van der Waals surface area contributed by atoms with Crippen molar-refractivity contribution in [2.45, 2.75) is 45.7 Å². The molecule has 0 rings (SSSR count). The molecule has 6 heteroatoms. The highest BCUT2D eigenvalue weighted by atomic mass is 16.3. The van der Waals surface area contributed by atoms with E-state index in [9.17, 15) is 9.59 Å². The standard InChI is InChI=1S/C12H25N3O3/c1-8(2)11(13)12(18)14-7-10(17)15-9(3)5-4-6-16/h8-9,11,16H,4-7,13H2,1-3H3,(H,14,18)(H,15,17)/t9?,11-/m0/s1. The Hall–Kier alpha value is -1.14. The van der Waals surface area contributed by atoms with E-state index in [0.29, 0.717) is 12.8 Å². The Kier molecular flexibility index (Phi) is 8.32. The first-order valence-corrected chi connectivity index (χ1v) is 6.32. The van der Waals surface area contributed by atoms with E-state index in [2.05, 4.69) is 10.6 Å². The summed E-state index contributed by atoms with van der Waals surface area (Å²) in [5.74, 6) is -0.524. The molecule has 0 saturated heterocycles. The van der Waals surface area contributed by atoms with Crippen molar-refractivity contribution in [3.8, 4) is 0 Å². The summed E-state index contributed by atoms with van der Waals surface area (Å²) in [7, 11) is 0. The molecule has 0 heterocycles. The van der Waals surface area contributed by atoms with Crippen LogP contribution in [0.4, 0.5) is 0 Å². The van der Waals surface area contributed by atoms with Crippen LogP contribution < -0.4 is 16.4 Å². The van der Waals surface area contributed by atoms with Gasteiger partial charge in [0.15, 0.2) is 0 Å². The first-order valence-electron chi connectivity index (χ1n) is 6.32. The van der Waals surface area contributed by atoms with Gasteiger partial charge in [-0.3, -0.25) is 9.59 Å². The molecule has 1 unspecified atom stereocenters. The molecule has 0 aromatic carbocycles. The van der Waals surface area contributed by atoms with Crippen LogP contribution in [0.25, 0.3) is 0 Å². The predicted molar refractivity (Wildman–Crippen MR) is 69.7 cm³/mol. The van der Waals surface area contributed by atoms with Crippen LogP contribution in [0, 0.1) is 5.92 Å². The Morgan fingerprint density at radius 2 is 1.89 bits per heavy atom. The molecule has 0 aromatic rings. The van der Waals surface area contributed by atoms with Crippen LogP contribution in [0.3, 0.4) is 0 Å². The lowest BCUT2D eigenvalue weighted by molar-refractivity contribution is -0.127. The predicted octanol–water partition coefficient (Wildman–Crippen LogP) is -0.637. The number of nitrogens with one attached hydrogen (secondary N) is 2. The molecular formula is C12H25N3O3. The van der Waals surface area contributed by atoms with Gasteiger partial charge in [-0.2, -0.15) is 0 Å². The number of carbonyl (C=O) groups is 2. The largest absolute Gasteiger partial charge is 0.396 e. The van der Waals surface area contributed by atoms with Crippen molar-refractivity contribution >= 4 is 11.8 Å². The molecule has 2 atom stereocenters. The minimum Gasteiger partial charge on any atom is -0.396 e. The van der Waals surface area contributed by atoms with Crippen LogP contribution in [0.2, 0.25) is 0 Å². The fraction of sp³-hybridized carbons (Fsp3) is 0.833. The Labute approximate surface area is 108 Å². The lowest BCUT2D eigenvalue weighted by Gasteiger charge is -2.16. The Morgan fingerprint density at radius 3 is 2.39 bits per heavy atom. The summed E-state index contributed by atoms with van der Waals surface area (Å²) in [4.78, 5) is 23.0. The van der Waals surface area contributed by atoms with Crippen LogP contribution in [0.5, 0.6) is 0 Å². The van der Waals surface area contributed by atoms with Gasteiger partial charge in [0, 0.05) is 12.6 Å². The molecule has 0 aliphatic heterocycles. The number of nitrogens with two attached hydrogens (primary N) is 1. The summed E-state index contributed by atoms with van der Waals surface area (Å²) in [6.07, 6.45) is 1.35. The molecule has 0 fully saturated rings. The van der Waals surface area contributed by atoms with Crippen LogP contribution in [-0.2, 0) is 9.59 Å². The van der Waals surface area contributed by atoms with E-state index < -0.39 is 6.04 Å². The second-order valence-corrected chi connectivity index (χ2v) is 4.82. The molecule has 106 valence electrons. The fourth-order valence-corrected chi connectivity index (χ4v) is 1.38. The third-order valence-electron chi connectivity index (χ3n) is 2.65. The van der Waals surface area contributed by atoms with E-state index >= 15 is 0 Å². The van der Waals surface area contributed by atoms with Crippen molar-refractivity contribution in [3.63, 3.8) is 0 Å². The van der Waals surface area contributed by atoms with Gasteiger partial charge in [0.05, 0.1) is 12.6 Å². The monoisotopic (exact) mass is 259 g/mol. The lowest BCUT2D eigenvalue weighted by atomic mass is 10.1. The SMILES string of the molecule is CC(CCCO)NC(=O)CNC(=O)[C@@H](N)C(C)C. The van der Waals surface area contributed by atoms with Crippen LogP contribution in [0.1, 0.15) is 33.6 Å². The number of hydrogen-bond acceptors (Lipinski definition) is 4. The fourth-order valence-electron chi connectivity index (χ4n) is 1.38. The molecule has 0 aliphatic rings. The summed E-state index contributed by atoms with van der Waals surface area (Å²) < 4.78 is 0. The number of carbonyl (C=O) groups excluding carboxylic acids is 2. The van der Waals surface area contributed by atoms with E-state index in [1.165, 1.54) is 0 Å². The van der Waals surface area contributed by atoms with Gasteiger partial charge in [0.25, 0.3) is 0 Å². The van der Waals surface area contributed by atoms with Gasteiger partial charge in [-0.25, -0.2) is 0 Å². The van der Waals surface area contributed by atoms with Gasteiger partial charge in [-0.15, -0.1) is 0 Å². The summed E-state index contributed by atoms with van der Waals surface area (Å²) in [5, 5.41) is 13.9. The average Bonchev–Trinajstić information content (AvgIpc) is 2.32. The maximum absolute atomic E-state index is 11.5. The van der Waals surface area contributed by atoms with Crippen LogP contribution in [-0.4, -0.2) is 42.2 Å². The number of hydrogen-bond donors (Lipinski definition) is 4. The van der Waals surface area contributed by atoms with Crippen molar-refractivity contribution in [2.75, 3.05) is 13.2 Å². The van der Waals surface area contributed by atoms with Crippen molar-refractivity contribution in [3.05, 3.63) is 0 Å². The number of rotatable bonds is 8. The third kappa shape index (κ3) is 7.24. The molecule has 0 spiro atoms. The van der Waals surface area contributed by atoms with Crippen molar-refractivity contribution in [1.82, 2.24) is 10.6 Å². The molecule has 0 saturated carbocycles. The number of aliphatic hydroxyl groups excluding tert-OH is 1. The van der Waals surface area contributed by atoms with E-state index in [1.54, 1.807) is 0 Å². The van der Waals surface area contributed by atoms with E-state index in [1.807, 2.05) is 20.8 Å². The highest BCUT2D eigenvalue weighted by Gasteiger charge is 2.17. The smallest absolute Gasteiger partial charge is 0.239 e. The second kappa shape index (κ2) is 8.88. The van der Waals surface area contributed by atoms with Crippen molar-refractivity contribution in [2.24, 2.45) is 11.7 Å². The Morgan fingerprint density at radius 1 is 1.28 bits per heavy atom. The molecular weight excluding hydrogens is 234 g/mol. The van der Waals surface area contributed by atoms with E-state index in [4.69, 9.17) is 10.8 Å². The molecule has 18 heavy (non-hydrogen) atoms. The molecule has 0 aliphatic carbocycles. The topological polar surface area (TPSA) is 104 Å². The highest BCUT2D eigenvalue weighted by molar-refractivity contribution is 5.87. The van der Waals surface area contributed by atoms with Crippen LogP contribution in [0.15, 0.2) is 0 Å². The minimum atomic E-state index is -0.593. The molecule has 0 bridgehead atoms. The zero-order valence-corrected chi connectivity index (χ0v) is 11.4. The maximum atomic E-state index is 11.5. The van der Waals surface area contributed by atoms with Gasteiger partial charge in [0.1, 0.15) is 0 Å². The van der Waals surface area contributed by atoms with Gasteiger partial charge in [-0.05, 0) is 25.7 Å². The highest BCUT2D eigenvalue weighted by Crippen LogP contribution is 1.97. The third-order valence-corrected chi connectivity index (χ3v) is 2.65. The lowest BCUT2D eigenvalue weighted by Crippen LogP contribution is -2.48. The summed E-state index contributed by atoms with van der Waals surface area (Å²) in [5.41, 5.74) is 5.64. The van der Waals surface area contributed by atoms with Crippen molar-refractivity contribution in [1.29, 1.82) is 0 Å². The number of aliphatic hydroxyl groups is 1. The minimum absolute atomic E-state index is 0.0136. The molecule has 5 N–H and O–H groups in total. The first kappa shape index (κ1) is 16.9. The summed E-state index contributed by atoms with van der Waals surface area (Å²) >= 11 is 0. The number of amides is 2. The van der Waals surface area contributed by atoms with E-state index in [0.717, 1.165) is 0 Å². The van der Waals surface area contributed by atoms with Gasteiger partial charge >= 0.3 is 0 Å². The average molecular weight is 259 g/mol. The van der Waals surface area contributed by atoms with Gasteiger partial charge in [-0.1, -0.05) is 13.8 Å². The van der Waals surface area contributed by atoms with E-state index in [-0.39, 0.29) is 36.9 Å². The van der Waals surface area contributed by atoms with Crippen molar-refractivity contribution < 1.29 is 14.7 Å². The second-order valence-electron chi connectivity index (χ2n) is 4.82. The molecule has 6 nitrogen and oxygen atoms in total. The summed E-state index contributed by atoms with van der Waals surface area (Å²) in [6.45, 7) is 5.60.